The van der Waals surface area contributed by atoms with Gasteiger partial charge in [-0.15, -0.1) is 16.9 Å². The maximum atomic E-state index is 10.9. The van der Waals surface area contributed by atoms with E-state index < -0.39 is 5.97 Å². The minimum Gasteiger partial charge on any atom is -0.464 e. The molecule has 0 amide bonds. The summed E-state index contributed by atoms with van der Waals surface area (Å²) >= 11 is 2.63. The van der Waals surface area contributed by atoms with Gasteiger partial charge in [0.1, 0.15) is 4.21 Å². The number of ether oxygens (including phenoxy) is 1. The Hall–Kier alpha value is -0.620. The second kappa shape index (κ2) is 3.68. The average Bonchev–Trinajstić information content (AvgIpc) is 2.50. The van der Waals surface area contributed by atoms with Crippen LogP contribution >= 0.6 is 23.3 Å². The van der Waals surface area contributed by atoms with E-state index in [4.69, 9.17) is 0 Å². The summed E-state index contributed by atoms with van der Waals surface area (Å²) in [6, 6.07) is 0. The van der Waals surface area contributed by atoms with Crippen LogP contribution in [0.5, 0.6) is 0 Å². The summed E-state index contributed by atoms with van der Waals surface area (Å²) < 4.78 is 8.91. The molecule has 0 fully saturated rings. The molecule has 4 nitrogen and oxygen atoms in total. The highest BCUT2D eigenvalue weighted by Gasteiger charge is 2.15. The number of thioether (sulfide) groups is 1. The molecule has 0 atom stereocenters. The maximum Gasteiger partial charge on any atom is 0.360 e. The van der Waals surface area contributed by atoms with Gasteiger partial charge in [-0.3, -0.25) is 0 Å². The molecule has 0 aliphatic rings. The highest BCUT2D eigenvalue weighted by Crippen LogP contribution is 2.22. The third-order valence-corrected chi connectivity index (χ3v) is 2.83. The first-order valence-electron chi connectivity index (χ1n) is 2.74. The number of hydrogen-bond acceptors (Lipinski definition) is 6. The van der Waals surface area contributed by atoms with Crippen molar-refractivity contribution in [3.8, 4) is 0 Å². The molecule has 0 aliphatic carbocycles. The van der Waals surface area contributed by atoms with Crippen LogP contribution in [0, 0.1) is 0 Å². The third-order valence-electron chi connectivity index (χ3n) is 1.02. The summed E-state index contributed by atoms with van der Waals surface area (Å²) in [5.74, 6) is -0.428. The molecule has 0 spiro atoms. The summed E-state index contributed by atoms with van der Waals surface area (Å²) in [7, 11) is 1.33. The van der Waals surface area contributed by atoms with Crippen molar-refractivity contribution in [3.05, 3.63) is 5.69 Å². The van der Waals surface area contributed by atoms with Gasteiger partial charge in [0, 0.05) is 0 Å². The van der Waals surface area contributed by atoms with Crippen molar-refractivity contribution in [1.29, 1.82) is 0 Å². The number of hydrogen-bond donors (Lipinski definition) is 0. The normalized spacial score (nSPS) is 9.64. The fraction of sp³-hybridized carbons (Fsp3) is 0.400. The van der Waals surface area contributed by atoms with Gasteiger partial charge in [-0.2, -0.15) is 0 Å². The molecule has 0 aliphatic heterocycles. The van der Waals surface area contributed by atoms with Gasteiger partial charge in [0.2, 0.25) is 0 Å². The molecular formula is C5H6N2O2S2. The first kappa shape index (κ1) is 8.48. The Bertz CT molecular complexity index is 261. The van der Waals surface area contributed by atoms with E-state index in [0.29, 0.717) is 5.69 Å². The summed E-state index contributed by atoms with van der Waals surface area (Å²) in [6.07, 6.45) is 1.86. The van der Waals surface area contributed by atoms with Crippen molar-refractivity contribution in [1.82, 2.24) is 9.59 Å². The van der Waals surface area contributed by atoms with Crippen LogP contribution in [0.4, 0.5) is 0 Å². The Kier molecular flexibility index (Phi) is 2.84. The van der Waals surface area contributed by atoms with Gasteiger partial charge < -0.3 is 4.74 Å². The minimum atomic E-state index is -0.428. The van der Waals surface area contributed by atoms with Gasteiger partial charge in [0.25, 0.3) is 0 Å². The van der Waals surface area contributed by atoms with Crippen LogP contribution in [0.2, 0.25) is 0 Å². The second-order valence-corrected chi connectivity index (χ2v) is 3.43. The lowest BCUT2D eigenvalue weighted by Crippen LogP contribution is -2.02. The van der Waals surface area contributed by atoms with Crippen LogP contribution in [-0.4, -0.2) is 28.9 Å². The molecule has 0 aromatic carbocycles. The molecule has 6 heteroatoms. The summed E-state index contributed by atoms with van der Waals surface area (Å²) in [5, 5.41) is 3.63. The molecule has 0 bridgehead atoms. The highest BCUT2D eigenvalue weighted by atomic mass is 32.2. The van der Waals surface area contributed by atoms with E-state index in [1.807, 2.05) is 6.26 Å². The van der Waals surface area contributed by atoms with Crippen molar-refractivity contribution in [2.24, 2.45) is 0 Å². The average molecular weight is 190 g/mol. The Morgan fingerprint density at radius 2 is 2.45 bits per heavy atom. The van der Waals surface area contributed by atoms with Gasteiger partial charge in [0.15, 0.2) is 5.69 Å². The van der Waals surface area contributed by atoms with Crippen molar-refractivity contribution >= 4 is 29.3 Å². The fourth-order valence-corrected chi connectivity index (χ4v) is 1.66. The number of nitrogens with zero attached hydrogens (tertiary/aromatic N) is 2. The summed E-state index contributed by atoms with van der Waals surface area (Å²) in [5.41, 5.74) is 0.310. The Morgan fingerprint density at radius 3 is 3.00 bits per heavy atom. The van der Waals surface area contributed by atoms with Crippen molar-refractivity contribution in [2.75, 3.05) is 13.4 Å². The maximum absolute atomic E-state index is 10.9. The van der Waals surface area contributed by atoms with Crippen LogP contribution < -0.4 is 0 Å². The molecule has 60 valence electrons. The first-order chi connectivity index (χ1) is 5.29. The van der Waals surface area contributed by atoms with Crippen LogP contribution in [0.3, 0.4) is 0 Å². The molecule has 0 unspecified atom stereocenters. The number of esters is 1. The predicted octanol–water partition coefficient (Wildman–Crippen LogP) is 1.05. The number of methoxy groups -OCH3 is 1. The summed E-state index contributed by atoms with van der Waals surface area (Å²) in [4.78, 5) is 10.9. The molecule has 0 saturated carbocycles. The number of carbonyl (C=O) groups is 1. The van der Waals surface area contributed by atoms with E-state index in [0.717, 1.165) is 4.21 Å². The zero-order valence-corrected chi connectivity index (χ0v) is 7.66. The number of aromatic nitrogens is 2. The molecule has 1 aromatic heterocycles. The lowest BCUT2D eigenvalue weighted by atomic mass is 10.5. The quantitative estimate of drug-likeness (QED) is 0.515. The Balaban J connectivity index is 2.92. The highest BCUT2D eigenvalue weighted by molar-refractivity contribution is 8.00. The van der Waals surface area contributed by atoms with E-state index >= 15 is 0 Å². The molecule has 0 saturated heterocycles. The standard InChI is InChI=1S/C5H6N2O2S2/c1-9-4(8)3-5(10-2)11-7-6-3/h1-2H3. The topological polar surface area (TPSA) is 52.1 Å². The molecule has 1 heterocycles. The van der Waals surface area contributed by atoms with E-state index in [2.05, 4.69) is 14.3 Å². The van der Waals surface area contributed by atoms with E-state index in [1.165, 1.54) is 30.4 Å². The van der Waals surface area contributed by atoms with Crippen molar-refractivity contribution < 1.29 is 9.53 Å². The Labute approximate surface area is 72.1 Å². The molecule has 1 aromatic rings. The van der Waals surface area contributed by atoms with Gasteiger partial charge in [-0.1, -0.05) is 4.49 Å². The van der Waals surface area contributed by atoms with Crippen LogP contribution in [0.15, 0.2) is 4.21 Å². The third kappa shape index (κ3) is 1.69. The van der Waals surface area contributed by atoms with E-state index in [1.54, 1.807) is 0 Å². The van der Waals surface area contributed by atoms with Crippen molar-refractivity contribution in [3.63, 3.8) is 0 Å². The largest absolute Gasteiger partial charge is 0.464 e. The lowest BCUT2D eigenvalue weighted by Gasteiger charge is -1.93. The first-order valence-corrected chi connectivity index (χ1v) is 4.74. The molecule has 11 heavy (non-hydrogen) atoms. The van der Waals surface area contributed by atoms with Crippen molar-refractivity contribution in [2.45, 2.75) is 4.21 Å². The van der Waals surface area contributed by atoms with Gasteiger partial charge >= 0.3 is 5.97 Å². The molecule has 0 N–H and O–H groups in total. The Morgan fingerprint density at radius 1 is 1.73 bits per heavy atom. The van der Waals surface area contributed by atoms with E-state index in [9.17, 15) is 4.79 Å². The predicted molar refractivity (Wildman–Crippen MR) is 43.0 cm³/mol. The molecule has 1 rings (SSSR count). The molecular weight excluding hydrogens is 184 g/mol. The van der Waals surface area contributed by atoms with Crippen LogP contribution in [-0.2, 0) is 4.74 Å². The van der Waals surface area contributed by atoms with Crippen LogP contribution in [0.25, 0.3) is 0 Å². The number of rotatable bonds is 2. The monoisotopic (exact) mass is 190 g/mol. The zero-order chi connectivity index (χ0) is 8.27. The summed E-state index contributed by atoms with van der Waals surface area (Å²) in [6.45, 7) is 0. The second-order valence-electron chi connectivity index (χ2n) is 1.60. The molecule has 0 radical (unpaired) electrons. The zero-order valence-electron chi connectivity index (χ0n) is 6.03. The van der Waals surface area contributed by atoms with Gasteiger partial charge in [0.05, 0.1) is 7.11 Å². The fourth-order valence-electron chi connectivity index (χ4n) is 0.537. The van der Waals surface area contributed by atoms with Crippen LogP contribution in [0.1, 0.15) is 10.5 Å². The number of carbonyl (C=O) groups excluding carboxylic acids is 1. The van der Waals surface area contributed by atoms with Gasteiger partial charge in [-0.25, -0.2) is 4.79 Å². The SMILES string of the molecule is COC(=O)c1nnsc1SC. The van der Waals surface area contributed by atoms with E-state index in [-0.39, 0.29) is 0 Å². The minimum absolute atomic E-state index is 0.310. The lowest BCUT2D eigenvalue weighted by molar-refractivity contribution is 0.0590. The smallest absolute Gasteiger partial charge is 0.360 e. The van der Waals surface area contributed by atoms with Gasteiger partial charge in [-0.05, 0) is 17.8 Å².